The summed E-state index contributed by atoms with van der Waals surface area (Å²) < 4.78 is 12.1. The summed E-state index contributed by atoms with van der Waals surface area (Å²) in [6, 6.07) is 8.26. The van der Waals surface area contributed by atoms with Gasteiger partial charge >= 0.3 is 5.97 Å². The molecule has 2 aromatic rings. The molecule has 2 fully saturated rings. The molecule has 1 saturated heterocycles. The molecule has 29 heavy (non-hydrogen) atoms. The Balaban J connectivity index is 1.42. The number of ether oxygens (including phenoxy) is 2. The normalized spacial score (nSPS) is 31.9. The summed E-state index contributed by atoms with van der Waals surface area (Å²) in [6.07, 6.45) is 3.22. The van der Waals surface area contributed by atoms with Gasteiger partial charge in [-0.05, 0) is 61.8 Å². The highest BCUT2D eigenvalue weighted by molar-refractivity contribution is 7.10. The maximum atomic E-state index is 12.9. The summed E-state index contributed by atoms with van der Waals surface area (Å²) in [6.45, 7) is 0.968. The number of hydrogen-bond acceptors (Lipinski definition) is 6. The van der Waals surface area contributed by atoms with Crippen LogP contribution in [-0.2, 0) is 27.8 Å². The van der Waals surface area contributed by atoms with E-state index in [4.69, 9.17) is 9.47 Å². The highest BCUT2D eigenvalue weighted by atomic mass is 32.1. The molecule has 2 aliphatic heterocycles. The van der Waals surface area contributed by atoms with Crippen LogP contribution in [0.15, 0.2) is 29.6 Å². The van der Waals surface area contributed by atoms with Crippen LogP contribution in [0.5, 0.6) is 11.5 Å². The van der Waals surface area contributed by atoms with Crippen molar-refractivity contribution in [1.29, 1.82) is 0 Å². The highest BCUT2D eigenvalue weighted by Crippen LogP contribution is 2.63. The van der Waals surface area contributed by atoms with Gasteiger partial charge in [0, 0.05) is 28.3 Å². The maximum Gasteiger partial charge on any atom is 0.316 e. The van der Waals surface area contributed by atoms with Gasteiger partial charge in [0.05, 0.1) is 6.42 Å². The third kappa shape index (κ3) is 2.36. The molecule has 2 bridgehead atoms. The molecule has 1 aromatic heterocycles. The molecule has 5 nitrogen and oxygen atoms in total. The fourth-order valence-electron chi connectivity index (χ4n) is 6.30. The molecular weight excluding hydrogens is 386 g/mol. The van der Waals surface area contributed by atoms with Crippen LogP contribution in [0.1, 0.15) is 35.3 Å². The van der Waals surface area contributed by atoms with E-state index < -0.39 is 6.10 Å². The Bertz CT molecular complexity index is 1020. The summed E-state index contributed by atoms with van der Waals surface area (Å²) in [5.74, 6) is 1.45. The van der Waals surface area contributed by atoms with Crippen molar-refractivity contribution in [1.82, 2.24) is 4.90 Å². The largest absolute Gasteiger partial charge is 0.477 e. The Morgan fingerprint density at radius 3 is 3.10 bits per heavy atom. The van der Waals surface area contributed by atoms with Crippen molar-refractivity contribution in [2.75, 3.05) is 13.6 Å². The van der Waals surface area contributed by atoms with Gasteiger partial charge in [0.2, 0.25) is 0 Å². The van der Waals surface area contributed by atoms with E-state index in [1.165, 1.54) is 5.56 Å². The number of rotatable bonds is 3. The van der Waals surface area contributed by atoms with E-state index in [0.717, 1.165) is 36.2 Å². The van der Waals surface area contributed by atoms with Crippen molar-refractivity contribution in [2.45, 2.75) is 49.7 Å². The summed E-state index contributed by atoms with van der Waals surface area (Å²) in [5, 5.41) is 1.95. The summed E-state index contributed by atoms with van der Waals surface area (Å²) in [4.78, 5) is 28.9. The van der Waals surface area contributed by atoms with Gasteiger partial charge < -0.3 is 14.4 Å². The quantitative estimate of drug-likeness (QED) is 0.576. The van der Waals surface area contributed by atoms with E-state index in [1.807, 2.05) is 23.6 Å². The van der Waals surface area contributed by atoms with Gasteiger partial charge in [0.25, 0.3) is 0 Å². The number of likely N-dealkylation sites (tertiary alicyclic amines) is 1. The van der Waals surface area contributed by atoms with Crippen LogP contribution in [-0.4, -0.2) is 42.4 Å². The monoisotopic (exact) mass is 409 g/mol. The minimum atomic E-state index is -0.427. The first-order valence-electron chi connectivity index (χ1n) is 10.4. The van der Waals surface area contributed by atoms with E-state index in [9.17, 15) is 9.59 Å². The van der Waals surface area contributed by atoms with Crippen molar-refractivity contribution in [2.24, 2.45) is 5.92 Å². The fraction of sp³-hybridized carbons (Fsp3) is 0.478. The molecule has 0 radical (unpaired) electrons. The molecule has 2 aliphatic carbocycles. The minimum absolute atomic E-state index is 0.199. The SMILES string of the molecule is CN1CC[C@]23c4c5ccc(OC(=O)Cc6cccs6)c4O[C@H]2C(=O)CC[C@H]3[C@H]1C5. The van der Waals surface area contributed by atoms with E-state index >= 15 is 0 Å². The molecular formula is C23H23NO4S. The molecule has 4 aliphatic rings. The number of piperidine rings is 1. The number of likely N-dealkylation sites (N-methyl/N-ethyl adjacent to an activating group) is 1. The Kier molecular flexibility index (Phi) is 3.75. The number of Topliss-reactive ketones (excluding diaryl/α,β-unsaturated/α-hetero) is 1. The Hall–Kier alpha value is -2.18. The standard InChI is InChI=1S/C23H23NO4S/c1-24-9-8-23-15-5-6-17(25)22(23)28-21-18(7-4-13(20(21)23)11-16(15)24)27-19(26)12-14-3-2-10-29-14/h2-4,7,10,15-16,22H,5-6,8-9,11-12H2,1H3/t15-,16+,22-,23-/m0/s1. The number of esters is 1. The molecule has 1 aromatic carbocycles. The first-order valence-corrected chi connectivity index (χ1v) is 11.2. The van der Waals surface area contributed by atoms with Crippen LogP contribution < -0.4 is 9.47 Å². The Labute approximate surface area is 173 Å². The first kappa shape index (κ1) is 17.7. The second-order valence-corrected chi connectivity index (χ2v) is 9.84. The van der Waals surface area contributed by atoms with Crippen molar-refractivity contribution in [3.63, 3.8) is 0 Å². The first-order chi connectivity index (χ1) is 14.1. The Morgan fingerprint density at radius 2 is 2.28 bits per heavy atom. The highest BCUT2D eigenvalue weighted by Gasteiger charge is 2.65. The number of ketones is 1. The van der Waals surface area contributed by atoms with Gasteiger partial charge in [-0.3, -0.25) is 9.59 Å². The number of hydrogen-bond donors (Lipinski definition) is 0. The van der Waals surface area contributed by atoms with Crippen LogP contribution in [0, 0.1) is 5.92 Å². The number of carbonyl (C=O) groups excluding carboxylic acids is 2. The van der Waals surface area contributed by atoms with E-state index in [2.05, 4.69) is 18.0 Å². The maximum absolute atomic E-state index is 12.9. The molecule has 1 saturated carbocycles. The third-order valence-electron chi connectivity index (χ3n) is 7.49. The number of carbonyl (C=O) groups is 2. The molecule has 6 heteroatoms. The lowest BCUT2D eigenvalue weighted by atomic mass is 9.52. The number of thiophene rings is 1. The predicted molar refractivity (Wildman–Crippen MR) is 109 cm³/mol. The van der Waals surface area contributed by atoms with Crippen LogP contribution in [0.3, 0.4) is 0 Å². The van der Waals surface area contributed by atoms with E-state index in [-0.39, 0.29) is 23.6 Å². The average molecular weight is 410 g/mol. The Morgan fingerprint density at radius 1 is 1.38 bits per heavy atom. The smallest absolute Gasteiger partial charge is 0.316 e. The van der Waals surface area contributed by atoms with Gasteiger partial charge in [-0.25, -0.2) is 0 Å². The second-order valence-electron chi connectivity index (χ2n) is 8.81. The fourth-order valence-corrected chi connectivity index (χ4v) is 6.99. The van der Waals surface area contributed by atoms with Crippen molar-refractivity contribution < 1.29 is 19.1 Å². The topological polar surface area (TPSA) is 55.8 Å². The number of benzene rings is 1. The second kappa shape index (κ2) is 6.16. The summed E-state index contributed by atoms with van der Waals surface area (Å²) in [7, 11) is 2.20. The van der Waals surface area contributed by atoms with Gasteiger partial charge in [-0.15, -0.1) is 11.3 Å². The zero-order valence-corrected chi connectivity index (χ0v) is 17.2. The minimum Gasteiger partial charge on any atom is -0.477 e. The molecule has 1 spiro atoms. The molecule has 4 atom stereocenters. The molecule has 0 unspecified atom stereocenters. The average Bonchev–Trinajstić information content (AvgIpc) is 3.33. The summed E-state index contributed by atoms with van der Waals surface area (Å²) >= 11 is 1.55. The lowest BCUT2D eigenvalue weighted by molar-refractivity contribution is -0.138. The predicted octanol–water partition coefficient (Wildman–Crippen LogP) is 3.13. The van der Waals surface area contributed by atoms with Crippen molar-refractivity contribution >= 4 is 23.1 Å². The summed E-state index contributed by atoms with van der Waals surface area (Å²) in [5.41, 5.74) is 2.17. The van der Waals surface area contributed by atoms with E-state index in [0.29, 0.717) is 29.9 Å². The van der Waals surface area contributed by atoms with Gasteiger partial charge in [0.15, 0.2) is 23.4 Å². The van der Waals surface area contributed by atoms with Gasteiger partial charge in [0.1, 0.15) is 0 Å². The van der Waals surface area contributed by atoms with Crippen LogP contribution in [0.2, 0.25) is 0 Å². The van der Waals surface area contributed by atoms with Crippen molar-refractivity contribution in [3.05, 3.63) is 45.6 Å². The van der Waals surface area contributed by atoms with Crippen molar-refractivity contribution in [3.8, 4) is 11.5 Å². The van der Waals surface area contributed by atoms with Gasteiger partial charge in [-0.1, -0.05) is 12.1 Å². The lowest BCUT2D eigenvalue weighted by Gasteiger charge is -2.57. The van der Waals surface area contributed by atoms with Crippen LogP contribution >= 0.6 is 11.3 Å². The van der Waals surface area contributed by atoms with E-state index in [1.54, 1.807) is 11.3 Å². The van der Waals surface area contributed by atoms with Gasteiger partial charge in [-0.2, -0.15) is 0 Å². The molecule has 0 amide bonds. The molecule has 150 valence electrons. The third-order valence-corrected chi connectivity index (χ3v) is 8.37. The molecule has 0 N–H and O–H groups in total. The number of nitrogens with zero attached hydrogens (tertiary/aromatic N) is 1. The zero-order chi connectivity index (χ0) is 19.8. The lowest BCUT2D eigenvalue weighted by Crippen LogP contribution is -2.65. The van der Waals surface area contributed by atoms with Crippen LogP contribution in [0.25, 0.3) is 0 Å². The van der Waals surface area contributed by atoms with Crippen LogP contribution in [0.4, 0.5) is 0 Å². The zero-order valence-electron chi connectivity index (χ0n) is 16.3. The molecule has 3 heterocycles. The molecule has 6 rings (SSSR count).